The molecular weight excluding hydrogens is 304 g/mol. The number of rotatable bonds is 8. The van der Waals surface area contributed by atoms with Gasteiger partial charge in [0, 0.05) is 12.0 Å². The van der Waals surface area contributed by atoms with Crippen molar-refractivity contribution >= 4 is 5.97 Å². The van der Waals surface area contributed by atoms with Crippen LogP contribution in [-0.4, -0.2) is 34.5 Å². The smallest absolute Gasteiger partial charge is 0.333 e. The van der Waals surface area contributed by atoms with E-state index in [4.69, 9.17) is 9.47 Å². The van der Waals surface area contributed by atoms with E-state index in [9.17, 15) is 9.90 Å². The van der Waals surface area contributed by atoms with Gasteiger partial charge >= 0.3 is 5.97 Å². The lowest BCUT2D eigenvalue weighted by Crippen LogP contribution is -2.23. The Kier molecular flexibility index (Phi) is 6.76. The number of hydrogen-bond acceptors (Lipinski definition) is 4. The van der Waals surface area contributed by atoms with Gasteiger partial charge in [0.1, 0.15) is 6.10 Å². The third kappa shape index (κ3) is 6.10. The van der Waals surface area contributed by atoms with Crippen molar-refractivity contribution in [2.24, 2.45) is 0 Å². The van der Waals surface area contributed by atoms with E-state index in [-0.39, 0.29) is 23.8 Å². The number of allylic oxidation sites excluding steroid dienone is 3. The molecule has 1 aliphatic heterocycles. The Morgan fingerprint density at radius 3 is 2.50 bits per heavy atom. The van der Waals surface area contributed by atoms with Crippen LogP contribution in [0.5, 0.6) is 0 Å². The van der Waals surface area contributed by atoms with Crippen LogP contribution in [0, 0.1) is 0 Å². The number of carbonyl (C=O) groups excluding carboxylic acids is 1. The fraction of sp³-hybridized carbons (Fsp3) is 0.550. The standard InChI is InChI=1S/C20H30O4/c1-8-14(3)18(21)23-16(13-17-19(5,6)24-17)15(4)11-10-12-20(7,22)9-2/h8-12,16-17,22H,2,13H2,1,3-7H3/b12-10-,14-8-,15-11+/t16-,17+,20+/m0/s1. The van der Waals surface area contributed by atoms with Crippen molar-refractivity contribution in [1.82, 2.24) is 0 Å². The van der Waals surface area contributed by atoms with Gasteiger partial charge in [0.25, 0.3) is 0 Å². The summed E-state index contributed by atoms with van der Waals surface area (Å²) < 4.78 is 11.3. The molecule has 0 aromatic heterocycles. The summed E-state index contributed by atoms with van der Waals surface area (Å²) >= 11 is 0. The molecule has 0 aromatic rings. The van der Waals surface area contributed by atoms with E-state index < -0.39 is 5.60 Å². The number of ether oxygens (including phenoxy) is 2. The van der Waals surface area contributed by atoms with Crippen molar-refractivity contribution < 1.29 is 19.4 Å². The van der Waals surface area contributed by atoms with Gasteiger partial charge < -0.3 is 14.6 Å². The first-order chi connectivity index (χ1) is 11.0. The zero-order valence-corrected chi connectivity index (χ0v) is 15.6. The van der Waals surface area contributed by atoms with E-state index in [0.717, 1.165) is 5.57 Å². The Morgan fingerprint density at radius 2 is 2.04 bits per heavy atom. The third-order valence-corrected chi connectivity index (χ3v) is 4.31. The molecule has 0 spiro atoms. The second-order valence-electron chi connectivity index (χ2n) is 7.01. The molecule has 0 radical (unpaired) electrons. The zero-order chi connectivity index (χ0) is 18.5. The SMILES string of the molecule is C=C[C@@](C)(O)/C=C\C=C(/C)[C@H](C[C@H]1OC1(C)C)OC(=O)/C(C)=C\C. The number of esters is 1. The summed E-state index contributed by atoms with van der Waals surface area (Å²) in [5.74, 6) is -0.323. The fourth-order valence-electron chi connectivity index (χ4n) is 2.10. The van der Waals surface area contributed by atoms with Crippen LogP contribution < -0.4 is 0 Å². The number of hydrogen-bond donors (Lipinski definition) is 1. The van der Waals surface area contributed by atoms with Gasteiger partial charge in [-0.25, -0.2) is 4.79 Å². The van der Waals surface area contributed by atoms with Crippen molar-refractivity contribution in [3.63, 3.8) is 0 Å². The predicted molar refractivity (Wildman–Crippen MR) is 96.6 cm³/mol. The average molecular weight is 334 g/mol. The van der Waals surface area contributed by atoms with E-state index in [1.807, 2.05) is 33.8 Å². The van der Waals surface area contributed by atoms with Crippen molar-refractivity contribution in [2.75, 3.05) is 0 Å². The minimum Gasteiger partial charge on any atom is -0.454 e. The fourth-order valence-corrected chi connectivity index (χ4v) is 2.10. The second kappa shape index (κ2) is 7.95. The van der Waals surface area contributed by atoms with Crippen LogP contribution in [0.2, 0.25) is 0 Å². The van der Waals surface area contributed by atoms with E-state index in [2.05, 4.69) is 6.58 Å². The lowest BCUT2D eigenvalue weighted by molar-refractivity contribution is -0.143. The van der Waals surface area contributed by atoms with Crippen LogP contribution in [-0.2, 0) is 14.3 Å². The van der Waals surface area contributed by atoms with Gasteiger partial charge in [-0.15, -0.1) is 0 Å². The van der Waals surface area contributed by atoms with Crippen LogP contribution in [0.15, 0.2) is 48.1 Å². The van der Waals surface area contributed by atoms with Gasteiger partial charge in [-0.2, -0.15) is 0 Å². The van der Waals surface area contributed by atoms with Crippen LogP contribution in [0.3, 0.4) is 0 Å². The molecule has 0 saturated carbocycles. The molecule has 0 aromatic carbocycles. The highest BCUT2D eigenvalue weighted by molar-refractivity contribution is 5.87. The van der Waals surface area contributed by atoms with Crippen molar-refractivity contribution in [2.45, 2.75) is 71.4 Å². The lowest BCUT2D eigenvalue weighted by Gasteiger charge is -2.19. The molecule has 1 aliphatic rings. The zero-order valence-electron chi connectivity index (χ0n) is 15.6. The van der Waals surface area contributed by atoms with Gasteiger partial charge in [0.15, 0.2) is 0 Å². The maximum Gasteiger partial charge on any atom is 0.333 e. The summed E-state index contributed by atoms with van der Waals surface area (Å²) in [6.45, 7) is 14.7. The van der Waals surface area contributed by atoms with Gasteiger partial charge in [0.2, 0.25) is 0 Å². The summed E-state index contributed by atoms with van der Waals surface area (Å²) in [5, 5.41) is 9.90. The number of carbonyl (C=O) groups is 1. The van der Waals surface area contributed by atoms with Gasteiger partial charge in [-0.05, 0) is 53.2 Å². The maximum absolute atomic E-state index is 12.1. The van der Waals surface area contributed by atoms with Crippen molar-refractivity contribution in [1.29, 1.82) is 0 Å². The molecule has 4 heteroatoms. The quantitative estimate of drug-likeness (QED) is 0.241. The van der Waals surface area contributed by atoms with Crippen LogP contribution in [0.4, 0.5) is 0 Å². The van der Waals surface area contributed by atoms with Crippen LogP contribution in [0.25, 0.3) is 0 Å². The molecule has 134 valence electrons. The monoisotopic (exact) mass is 334 g/mol. The van der Waals surface area contributed by atoms with E-state index in [0.29, 0.717) is 12.0 Å². The Morgan fingerprint density at radius 1 is 1.46 bits per heavy atom. The molecule has 0 aliphatic carbocycles. The molecule has 4 nitrogen and oxygen atoms in total. The average Bonchev–Trinajstić information content (AvgIpc) is 3.11. The minimum atomic E-state index is -1.06. The second-order valence-corrected chi connectivity index (χ2v) is 7.01. The molecular formula is C20H30O4. The number of aliphatic hydroxyl groups is 1. The summed E-state index contributed by atoms with van der Waals surface area (Å²) in [6.07, 6.45) is 8.75. The molecule has 0 bridgehead atoms. The molecule has 1 heterocycles. The Hall–Kier alpha value is -1.65. The molecule has 1 fully saturated rings. The maximum atomic E-state index is 12.1. The summed E-state index contributed by atoms with van der Waals surface area (Å²) in [7, 11) is 0. The molecule has 3 atom stereocenters. The van der Waals surface area contributed by atoms with E-state index in [1.54, 1.807) is 32.1 Å². The Bertz CT molecular complexity index is 564. The first-order valence-electron chi connectivity index (χ1n) is 8.26. The molecule has 24 heavy (non-hydrogen) atoms. The third-order valence-electron chi connectivity index (χ3n) is 4.31. The van der Waals surface area contributed by atoms with E-state index in [1.165, 1.54) is 6.08 Å². The summed E-state index contributed by atoms with van der Waals surface area (Å²) in [5.41, 5.74) is 0.248. The van der Waals surface area contributed by atoms with Gasteiger partial charge in [-0.1, -0.05) is 30.9 Å². The van der Waals surface area contributed by atoms with Crippen molar-refractivity contribution in [3.8, 4) is 0 Å². The lowest BCUT2D eigenvalue weighted by atomic mass is 9.99. The summed E-state index contributed by atoms with van der Waals surface area (Å²) in [4.78, 5) is 12.1. The first kappa shape index (κ1) is 20.4. The van der Waals surface area contributed by atoms with Gasteiger partial charge in [0.05, 0.1) is 17.3 Å². The van der Waals surface area contributed by atoms with Crippen molar-refractivity contribution in [3.05, 3.63) is 48.1 Å². The topological polar surface area (TPSA) is 59.1 Å². The van der Waals surface area contributed by atoms with Crippen LogP contribution in [0.1, 0.15) is 48.0 Å². The predicted octanol–water partition coefficient (Wildman–Crippen LogP) is 3.87. The Balaban J connectivity index is 2.86. The highest BCUT2D eigenvalue weighted by atomic mass is 16.6. The Labute approximate surface area is 145 Å². The largest absolute Gasteiger partial charge is 0.454 e. The number of epoxide rings is 1. The molecule has 1 saturated heterocycles. The van der Waals surface area contributed by atoms with E-state index >= 15 is 0 Å². The molecule has 1 rings (SSSR count). The molecule has 1 N–H and O–H groups in total. The highest BCUT2D eigenvalue weighted by Crippen LogP contribution is 2.39. The first-order valence-corrected chi connectivity index (χ1v) is 8.26. The highest BCUT2D eigenvalue weighted by Gasteiger charge is 2.49. The van der Waals surface area contributed by atoms with Gasteiger partial charge in [-0.3, -0.25) is 0 Å². The molecule has 0 unspecified atom stereocenters. The minimum absolute atomic E-state index is 0.0739. The van der Waals surface area contributed by atoms with Crippen LogP contribution >= 0.6 is 0 Å². The normalized spacial score (nSPS) is 24.4. The molecule has 0 amide bonds. The summed E-state index contributed by atoms with van der Waals surface area (Å²) in [6, 6.07) is 0.